The lowest BCUT2D eigenvalue weighted by Crippen LogP contribution is -2.14. The van der Waals surface area contributed by atoms with E-state index in [-0.39, 0.29) is 5.78 Å². The number of nitrogens with zero attached hydrogens (tertiary/aromatic N) is 1. The van der Waals surface area contributed by atoms with Crippen molar-refractivity contribution in [3.8, 4) is 0 Å². The summed E-state index contributed by atoms with van der Waals surface area (Å²) in [4.78, 5) is 24.8. The predicted octanol–water partition coefficient (Wildman–Crippen LogP) is 5.29. The fourth-order valence-corrected chi connectivity index (χ4v) is 3.20. The van der Waals surface area contributed by atoms with E-state index in [1.165, 1.54) is 5.56 Å². The normalized spacial score (nSPS) is 11.3. The molecule has 0 bridgehead atoms. The van der Waals surface area contributed by atoms with Gasteiger partial charge in [-0.2, -0.15) is 0 Å². The molecule has 1 unspecified atom stereocenters. The van der Waals surface area contributed by atoms with E-state index in [2.05, 4.69) is 19.9 Å². The van der Waals surface area contributed by atoms with Gasteiger partial charge in [-0.15, -0.1) is 0 Å². The molecule has 3 aromatic carbocycles. The Morgan fingerprint density at radius 3 is 1.93 bits per heavy atom. The fraction of sp³-hybridized carbons (Fsp3) is 0.231. The number of aliphatic hydroxyl groups excluding tert-OH is 1. The van der Waals surface area contributed by atoms with Crippen molar-refractivity contribution in [1.29, 1.82) is 0 Å². The molecule has 156 valence electrons. The zero-order valence-electron chi connectivity index (χ0n) is 17.9. The standard InChI is InChI=1S/C14H12O2.C12H17NO/c15-13(11-7-3-1-4-8-11)14(16)12-9-5-2-6-10-12;1-9(2)11-7-5-6-10(8-14)12(11)13(3)4/h1-10,13,15H;5-9H,1-4H3. The lowest BCUT2D eigenvalue weighted by atomic mass is 9.97. The Bertz CT molecular complexity index is 951. The zero-order valence-corrected chi connectivity index (χ0v) is 17.9. The summed E-state index contributed by atoms with van der Waals surface area (Å²) in [6, 6.07) is 23.6. The number of Topliss-reactive ketones (excluding diaryl/α,β-unsaturated/α-hetero) is 1. The van der Waals surface area contributed by atoms with E-state index in [9.17, 15) is 14.7 Å². The molecule has 4 nitrogen and oxygen atoms in total. The van der Waals surface area contributed by atoms with Crippen LogP contribution in [0, 0.1) is 0 Å². The number of rotatable bonds is 6. The molecule has 4 heteroatoms. The van der Waals surface area contributed by atoms with Crippen LogP contribution in [0.15, 0.2) is 78.9 Å². The molecule has 0 radical (unpaired) electrons. The predicted molar refractivity (Wildman–Crippen MR) is 122 cm³/mol. The molecule has 0 aliphatic heterocycles. The first-order chi connectivity index (χ1) is 14.4. The van der Waals surface area contributed by atoms with Crippen LogP contribution >= 0.6 is 0 Å². The highest BCUT2D eigenvalue weighted by molar-refractivity contribution is 5.99. The van der Waals surface area contributed by atoms with Crippen LogP contribution < -0.4 is 4.90 Å². The van der Waals surface area contributed by atoms with Crippen molar-refractivity contribution in [2.75, 3.05) is 19.0 Å². The highest BCUT2D eigenvalue weighted by Gasteiger charge is 2.18. The molecule has 0 aliphatic carbocycles. The molecule has 3 rings (SSSR count). The van der Waals surface area contributed by atoms with Crippen LogP contribution in [-0.2, 0) is 0 Å². The van der Waals surface area contributed by atoms with Crippen molar-refractivity contribution in [1.82, 2.24) is 0 Å². The van der Waals surface area contributed by atoms with Crippen molar-refractivity contribution in [2.24, 2.45) is 0 Å². The smallest absolute Gasteiger partial charge is 0.195 e. The Morgan fingerprint density at radius 1 is 0.867 bits per heavy atom. The first kappa shape index (κ1) is 23.0. The maximum atomic E-state index is 11.9. The van der Waals surface area contributed by atoms with Gasteiger partial charge in [-0.3, -0.25) is 9.59 Å². The first-order valence-corrected chi connectivity index (χ1v) is 9.94. The second kappa shape index (κ2) is 11.1. The van der Waals surface area contributed by atoms with Crippen LogP contribution in [0.5, 0.6) is 0 Å². The number of para-hydroxylation sites is 1. The lowest BCUT2D eigenvalue weighted by Gasteiger charge is -2.21. The maximum Gasteiger partial charge on any atom is 0.195 e. The van der Waals surface area contributed by atoms with Crippen molar-refractivity contribution in [3.05, 3.63) is 101 Å². The van der Waals surface area contributed by atoms with E-state index < -0.39 is 6.10 Å². The van der Waals surface area contributed by atoms with Gasteiger partial charge in [0.2, 0.25) is 0 Å². The number of benzene rings is 3. The highest BCUT2D eigenvalue weighted by Crippen LogP contribution is 2.28. The average Bonchev–Trinajstić information content (AvgIpc) is 2.79. The third-order valence-electron chi connectivity index (χ3n) is 4.72. The van der Waals surface area contributed by atoms with Gasteiger partial charge in [0, 0.05) is 25.2 Å². The molecule has 0 fully saturated rings. The monoisotopic (exact) mass is 403 g/mol. The molecule has 0 aliphatic rings. The molecule has 0 saturated carbocycles. The van der Waals surface area contributed by atoms with Crippen molar-refractivity contribution >= 4 is 17.8 Å². The average molecular weight is 404 g/mol. The Morgan fingerprint density at radius 2 is 1.43 bits per heavy atom. The van der Waals surface area contributed by atoms with E-state index in [0.29, 0.717) is 17.0 Å². The molecule has 0 saturated heterocycles. The van der Waals surface area contributed by atoms with Crippen molar-refractivity contribution in [3.63, 3.8) is 0 Å². The molecule has 0 amide bonds. The van der Waals surface area contributed by atoms with E-state index >= 15 is 0 Å². The SMILES string of the molecule is CC(C)c1cccc(C=O)c1N(C)C.O=C(c1ccccc1)C(O)c1ccccc1. The molecule has 3 aromatic rings. The summed E-state index contributed by atoms with van der Waals surface area (Å²) in [5.74, 6) is 0.166. The molecule has 0 spiro atoms. The van der Waals surface area contributed by atoms with E-state index in [1.54, 1.807) is 48.5 Å². The summed E-state index contributed by atoms with van der Waals surface area (Å²) >= 11 is 0. The van der Waals surface area contributed by atoms with Crippen molar-refractivity contribution < 1.29 is 14.7 Å². The van der Waals surface area contributed by atoms with E-state index in [0.717, 1.165) is 17.5 Å². The minimum Gasteiger partial charge on any atom is -0.380 e. The van der Waals surface area contributed by atoms with Crippen LogP contribution in [0.2, 0.25) is 0 Å². The summed E-state index contributed by atoms with van der Waals surface area (Å²) in [6.45, 7) is 4.27. The molecule has 0 heterocycles. The maximum absolute atomic E-state index is 11.9. The Kier molecular flexibility index (Phi) is 8.51. The molecule has 1 N–H and O–H groups in total. The minimum atomic E-state index is -1.08. The number of aliphatic hydroxyl groups is 1. The Labute approximate surface area is 178 Å². The molecular weight excluding hydrogens is 374 g/mol. The first-order valence-electron chi connectivity index (χ1n) is 9.94. The Balaban J connectivity index is 0.000000216. The Hall–Kier alpha value is -3.24. The van der Waals surface area contributed by atoms with Gasteiger partial charge >= 0.3 is 0 Å². The quantitative estimate of drug-likeness (QED) is 0.449. The second-order valence-corrected chi connectivity index (χ2v) is 7.50. The number of anilines is 1. The topological polar surface area (TPSA) is 57.6 Å². The molecule has 30 heavy (non-hydrogen) atoms. The van der Waals surface area contributed by atoms with Gasteiger partial charge in [0.05, 0.1) is 5.69 Å². The van der Waals surface area contributed by atoms with Gasteiger partial charge in [-0.05, 0) is 23.1 Å². The van der Waals surface area contributed by atoms with Crippen LogP contribution in [0.1, 0.15) is 57.7 Å². The fourth-order valence-electron chi connectivity index (χ4n) is 3.20. The number of ketones is 1. The number of aldehydes is 1. The highest BCUT2D eigenvalue weighted by atomic mass is 16.3. The summed E-state index contributed by atoms with van der Waals surface area (Å²) in [7, 11) is 3.93. The second-order valence-electron chi connectivity index (χ2n) is 7.50. The molecule has 0 aromatic heterocycles. The minimum absolute atomic E-state index is 0.271. The summed E-state index contributed by atoms with van der Waals surface area (Å²) in [5, 5.41) is 9.89. The van der Waals surface area contributed by atoms with Crippen molar-refractivity contribution in [2.45, 2.75) is 25.9 Å². The van der Waals surface area contributed by atoms with Gasteiger partial charge in [-0.25, -0.2) is 0 Å². The lowest BCUT2D eigenvalue weighted by molar-refractivity contribution is 0.0747. The number of carbonyl (C=O) groups excluding carboxylic acids is 2. The van der Waals surface area contributed by atoms with E-state index in [1.807, 2.05) is 43.3 Å². The summed E-state index contributed by atoms with van der Waals surface area (Å²) in [6.07, 6.45) is -0.162. The molecular formula is C26H29NO3. The van der Waals surface area contributed by atoms with Crippen LogP contribution in [-0.4, -0.2) is 31.3 Å². The number of hydrogen-bond donors (Lipinski definition) is 1. The van der Waals surface area contributed by atoms with Gasteiger partial charge in [-0.1, -0.05) is 86.6 Å². The zero-order chi connectivity index (χ0) is 22.1. The van der Waals surface area contributed by atoms with Crippen LogP contribution in [0.25, 0.3) is 0 Å². The molecule has 1 atom stereocenters. The van der Waals surface area contributed by atoms with Crippen LogP contribution in [0.3, 0.4) is 0 Å². The summed E-state index contributed by atoms with van der Waals surface area (Å²) in [5.41, 5.74) is 4.17. The summed E-state index contributed by atoms with van der Waals surface area (Å²) < 4.78 is 0. The van der Waals surface area contributed by atoms with Gasteiger partial charge < -0.3 is 10.0 Å². The number of carbonyl (C=O) groups is 2. The number of hydrogen-bond acceptors (Lipinski definition) is 4. The third kappa shape index (κ3) is 5.88. The van der Waals surface area contributed by atoms with Gasteiger partial charge in [0.25, 0.3) is 0 Å². The van der Waals surface area contributed by atoms with Crippen LogP contribution in [0.4, 0.5) is 5.69 Å². The van der Waals surface area contributed by atoms with E-state index in [4.69, 9.17) is 0 Å². The third-order valence-corrected chi connectivity index (χ3v) is 4.72. The van der Waals surface area contributed by atoms with Gasteiger partial charge in [0.15, 0.2) is 12.1 Å². The largest absolute Gasteiger partial charge is 0.380 e. The van der Waals surface area contributed by atoms with Gasteiger partial charge in [0.1, 0.15) is 6.10 Å².